The molecule has 1 amide bonds. The topological polar surface area (TPSA) is 98.4 Å². The van der Waals surface area contributed by atoms with Gasteiger partial charge in [-0.05, 0) is 54.4 Å². The Labute approximate surface area is 209 Å². The number of methoxy groups -OCH3 is 2. The number of carbonyl (C=O) groups is 2. The minimum atomic E-state index is -0.826. The molecule has 0 saturated carbocycles. The van der Waals surface area contributed by atoms with Crippen LogP contribution in [0.2, 0.25) is 0 Å². The van der Waals surface area contributed by atoms with E-state index in [9.17, 15) is 14.7 Å². The molecule has 8 nitrogen and oxygen atoms in total. The van der Waals surface area contributed by atoms with Crippen molar-refractivity contribution in [1.29, 1.82) is 0 Å². The molecular formula is C28H29NO7. The first kappa shape index (κ1) is 24.9. The molecule has 2 heterocycles. The number of aliphatic hydroxyl groups is 1. The summed E-state index contributed by atoms with van der Waals surface area (Å²) < 4.78 is 21.8. The predicted octanol–water partition coefficient (Wildman–Crippen LogP) is 5.10. The third-order valence-corrected chi connectivity index (χ3v) is 6.07. The molecule has 0 spiro atoms. The Kier molecular flexibility index (Phi) is 7.63. The number of ether oxygens (including phenoxy) is 3. The van der Waals surface area contributed by atoms with Crippen molar-refractivity contribution in [2.45, 2.75) is 32.4 Å². The first-order valence-electron chi connectivity index (χ1n) is 11.7. The van der Waals surface area contributed by atoms with Gasteiger partial charge in [0.25, 0.3) is 11.7 Å². The second-order valence-electron chi connectivity index (χ2n) is 8.35. The van der Waals surface area contributed by atoms with E-state index in [1.165, 1.54) is 25.4 Å². The molecule has 0 unspecified atom stereocenters. The first-order valence-corrected chi connectivity index (χ1v) is 11.7. The largest absolute Gasteiger partial charge is 0.507 e. The highest BCUT2D eigenvalue weighted by atomic mass is 16.5. The quantitative estimate of drug-likeness (QED) is 0.182. The van der Waals surface area contributed by atoms with Crippen LogP contribution in [0.5, 0.6) is 17.2 Å². The van der Waals surface area contributed by atoms with Gasteiger partial charge >= 0.3 is 0 Å². The molecule has 36 heavy (non-hydrogen) atoms. The fourth-order valence-electron chi connectivity index (χ4n) is 4.18. The van der Waals surface area contributed by atoms with E-state index >= 15 is 0 Å². The van der Waals surface area contributed by atoms with E-state index in [2.05, 4.69) is 6.92 Å². The third kappa shape index (κ3) is 4.93. The van der Waals surface area contributed by atoms with Crippen LogP contribution in [0.15, 0.2) is 70.9 Å². The van der Waals surface area contributed by atoms with Gasteiger partial charge in [0.1, 0.15) is 17.3 Å². The van der Waals surface area contributed by atoms with Crippen molar-refractivity contribution in [3.63, 3.8) is 0 Å². The summed E-state index contributed by atoms with van der Waals surface area (Å²) in [7, 11) is 2.99. The van der Waals surface area contributed by atoms with Crippen molar-refractivity contribution >= 4 is 17.4 Å². The van der Waals surface area contributed by atoms with Gasteiger partial charge in [0.05, 0.1) is 45.2 Å². The predicted molar refractivity (Wildman–Crippen MR) is 133 cm³/mol. The number of hydrogen-bond acceptors (Lipinski definition) is 7. The molecule has 188 valence electrons. The summed E-state index contributed by atoms with van der Waals surface area (Å²) in [4.78, 5) is 27.8. The Morgan fingerprint density at radius 2 is 1.78 bits per heavy atom. The number of aliphatic hydroxyl groups excluding tert-OH is 1. The number of carbonyl (C=O) groups excluding carboxylic acids is 2. The van der Waals surface area contributed by atoms with E-state index in [4.69, 9.17) is 18.6 Å². The van der Waals surface area contributed by atoms with Crippen LogP contribution in [0.25, 0.3) is 5.76 Å². The average Bonchev–Trinajstić information content (AvgIpc) is 3.51. The molecule has 0 radical (unpaired) electrons. The molecule has 1 aliphatic rings. The Balaban J connectivity index is 1.78. The van der Waals surface area contributed by atoms with Crippen LogP contribution in [0, 0.1) is 0 Å². The van der Waals surface area contributed by atoms with Crippen molar-refractivity contribution < 1.29 is 33.3 Å². The lowest BCUT2D eigenvalue weighted by Gasteiger charge is -2.24. The summed E-state index contributed by atoms with van der Waals surface area (Å²) in [6.07, 6.45) is 3.47. The highest BCUT2D eigenvalue weighted by Crippen LogP contribution is 2.41. The summed E-state index contributed by atoms with van der Waals surface area (Å²) in [6, 6.07) is 14.6. The van der Waals surface area contributed by atoms with Crippen molar-refractivity contribution in [3.05, 3.63) is 83.3 Å². The van der Waals surface area contributed by atoms with Crippen LogP contribution < -0.4 is 14.2 Å². The van der Waals surface area contributed by atoms with Crippen molar-refractivity contribution in [2.24, 2.45) is 0 Å². The molecule has 0 aliphatic carbocycles. The fraction of sp³-hybridized carbons (Fsp3) is 0.286. The molecule has 2 aromatic carbocycles. The molecule has 0 bridgehead atoms. The standard InChI is InChI=1S/C28H29NO7/c1-4-5-14-35-20-11-8-18(9-12-20)25-24(26(30)19-10-13-22(33-2)23(16-19)34-3)27(31)28(32)29(25)17-21-7-6-15-36-21/h6-13,15-16,25,30H,4-5,14,17H2,1-3H3/t25-/m0/s1. The van der Waals surface area contributed by atoms with Gasteiger partial charge in [-0.2, -0.15) is 0 Å². The minimum absolute atomic E-state index is 0.0153. The van der Waals surface area contributed by atoms with Crippen LogP contribution in [0.4, 0.5) is 0 Å². The molecule has 1 fully saturated rings. The summed E-state index contributed by atoms with van der Waals surface area (Å²) in [5.74, 6) is 0.273. The normalized spacial score (nSPS) is 16.9. The number of ketones is 1. The number of Topliss-reactive ketones (excluding diaryl/α,β-unsaturated/α-hetero) is 1. The van der Waals surface area contributed by atoms with Gasteiger partial charge in [0.2, 0.25) is 0 Å². The van der Waals surface area contributed by atoms with E-state index in [1.807, 2.05) is 0 Å². The zero-order valence-electron chi connectivity index (χ0n) is 20.5. The highest BCUT2D eigenvalue weighted by molar-refractivity contribution is 6.46. The molecule has 1 aromatic heterocycles. The first-order chi connectivity index (χ1) is 17.5. The van der Waals surface area contributed by atoms with Gasteiger partial charge in [0, 0.05) is 5.56 Å². The summed E-state index contributed by atoms with van der Waals surface area (Å²) in [5.41, 5.74) is 0.970. The Morgan fingerprint density at radius 1 is 1.03 bits per heavy atom. The lowest BCUT2D eigenvalue weighted by molar-refractivity contribution is -0.140. The zero-order chi connectivity index (χ0) is 25.7. The number of nitrogens with zero attached hydrogens (tertiary/aromatic N) is 1. The number of rotatable bonds is 10. The molecule has 4 rings (SSSR count). The van der Waals surface area contributed by atoms with E-state index < -0.39 is 17.7 Å². The number of likely N-dealkylation sites (tertiary alicyclic amines) is 1. The summed E-state index contributed by atoms with van der Waals surface area (Å²) >= 11 is 0. The SMILES string of the molecule is CCCCOc1ccc([C@H]2C(=C(O)c3ccc(OC)c(OC)c3)C(=O)C(=O)N2Cc2ccco2)cc1. The van der Waals surface area contributed by atoms with Crippen LogP contribution in [0.1, 0.15) is 42.7 Å². The molecule has 3 aromatic rings. The number of hydrogen-bond donors (Lipinski definition) is 1. The fourth-order valence-corrected chi connectivity index (χ4v) is 4.18. The minimum Gasteiger partial charge on any atom is -0.507 e. The van der Waals surface area contributed by atoms with Crippen LogP contribution in [-0.4, -0.2) is 42.5 Å². The molecule has 1 N–H and O–H groups in total. The molecule has 1 aliphatic heterocycles. The third-order valence-electron chi connectivity index (χ3n) is 6.07. The maximum absolute atomic E-state index is 13.2. The lowest BCUT2D eigenvalue weighted by Crippen LogP contribution is -2.29. The van der Waals surface area contributed by atoms with Crippen molar-refractivity contribution in [2.75, 3.05) is 20.8 Å². The second-order valence-corrected chi connectivity index (χ2v) is 8.35. The smallest absolute Gasteiger partial charge is 0.296 e. The highest BCUT2D eigenvalue weighted by Gasteiger charge is 2.46. The molecule has 8 heteroatoms. The van der Waals surface area contributed by atoms with Gasteiger partial charge in [-0.3, -0.25) is 9.59 Å². The Hall–Kier alpha value is -4.20. The number of furan rings is 1. The van der Waals surface area contributed by atoms with Gasteiger partial charge in [0.15, 0.2) is 11.5 Å². The van der Waals surface area contributed by atoms with Gasteiger partial charge < -0.3 is 28.6 Å². The van der Waals surface area contributed by atoms with Crippen LogP contribution in [-0.2, 0) is 16.1 Å². The summed E-state index contributed by atoms with van der Waals surface area (Å²) in [5, 5.41) is 11.3. The van der Waals surface area contributed by atoms with Crippen molar-refractivity contribution in [3.8, 4) is 17.2 Å². The Morgan fingerprint density at radius 3 is 2.42 bits per heavy atom. The maximum Gasteiger partial charge on any atom is 0.296 e. The lowest BCUT2D eigenvalue weighted by atomic mass is 9.95. The van der Waals surface area contributed by atoms with Crippen molar-refractivity contribution in [1.82, 2.24) is 4.90 Å². The maximum atomic E-state index is 13.2. The number of benzene rings is 2. The number of amides is 1. The van der Waals surface area contributed by atoms with E-state index in [1.54, 1.807) is 54.6 Å². The van der Waals surface area contributed by atoms with Gasteiger partial charge in [-0.25, -0.2) is 0 Å². The van der Waals surface area contributed by atoms with E-state index in [0.717, 1.165) is 12.8 Å². The van der Waals surface area contributed by atoms with Crippen LogP contribution in [0.3, 0.4) is 0 Å². The average molecular weight is 492 g/mol. The number of unbranched alkanes of at least 4 members (excludes halogenated alkanes) is 1. The molecule has 1 saturated heterocycles. The van der Waals surface area contributed by atoms with E-state index in [-0.39, 0.29) is 17.9 Å². The summed E-state index contributed by atoms with van der Waals surface area (Å²) in [6.45, 7) is 2.76. The monoisotopic (exact) mass is 491 g/mol. The Bertz CT molecular complexity index is 1250. The van der Waals surface area contributed by atoms with Crippen LogP contribution >= 0.6 is 0 Å². The second kappa shape index (κ2) is 11.0. The van der Waals surface area contributed by atoms with Gasteiger partial charge in [-0.15, -0.1) is 0 Å². The van der Waals surface area contributed by atoms with Gasteiger partial charge in [-0.1, -0.05) is 25.5 Å². The molecular weight excluding hydrogens is 462 g/mol. The zero-order valence-corrected chi connectivity index (χ0v) is 20.5. The molecule has 1 atom stereocenters. The van der Waals surface area contributed by atoms with E-state index in [0.29, 0.717) is 40.7 Å².